The number of ether oxygens (including phenoxy) is 2. The zero-order valence-electron chi connectivity index (χ0n) is 18.0. The predicted molar refractivity (Wildman–Crippen MR) is 125 cm³/mol. The van der Waals surface area contributed by atoms with Crippen molar-refractivity contribution in [1.82, 2.24) is 5.32 Å². The minimum atomic E-state index is -0.802. The van der Waals surface area contributed by atoms with Crippen molar-refractivity contribution in [2.75, 3.05) is 11.9 Å². The van der Waals surface area contributed by atoms with Crippen LogP contribution in [0.3, 0.4) is 0 Å². The Hall–Kier alpha value is -3.84. The number of benzene rings is 3. The minimum absolute atomic E-state index is 0.182. The lowest BCUT2D eigenvalue weighted by molar-refractivity contribution is -0.115. The Balaban J connectivity index is 1.57. The number of carbonyl (C=O) groups excluding carboxylic acids is 3. The largest absolute Gasteiger partial charge is 0.513 e. The molecular weight excluding hydrogens is 444 g/mol. The standard InChI is InChI=1S/C25H23ClN2O5/c1-2-32-25(31)33-21-12-10-18(11-13-21)24(30)27-16-19-7-3-4-9-22(19)28-23(29)15-17-6-5-8-20(26)14-17/h3-14H,2,15-16H2,1H3,(H,27,30)(H,28,29). The molecular formula is C25H23ClN2O5. The molecule has 2 N–H and O–H groups in total. The van der Waals surface area contributed by atoms with E-state index in [1.165, 1.54) is 12.1 Å². The third-order valence-electron chi connectivity index (χ3n) is 4.56. The van der Waals surface area contributed by atoms with Crippen LogP contribution in [-0.2, 0) is 22.5 Å². The van der Waals surface area contributed by atoms with Crippen LogP contribution in [0.2, 0.25) is 5.02 Å². The summed E-state index contributed by atoms with van der Waals surface area (Å²) < 4.78 is 9.69. The highest BCUT2D eigenvalue weighted by Crippen LogP contribution is 2.17. The Kier molecular flexibility index (Phi) is 8.43. The Labute approximate surface area is 196 Å². The Morgan fingerprint density at radius 1 is 0.939 bits per heavy atom. The molecule has 33 heavy (non-hydrogen) atoms. The lowest BCUT2D eigenvalue weighted by Gasteiger charge is -2.12. The van der Waals surface area contributed by atoms with Crippen molar-refractivity contribution < 1.29 is 23.9 Å². The molecule has 0 aliphatic heterocycles. The van der Waals surface area contributed by atoms with Crippen molar-refractivity contribution in [1.29, 1.82) is 0 Å². The van der Waals surface area contributed by atoms with Gasteiger partial charge >= 0.3 is 6.16 Å². The fourth-order valence-electron chi connectivity index (χ4n) is 3.02. The molecule has 0 heterocycles. The number of rotatable bonds is 8. The molecule has 0 atom stereocenters. The van der Waals surface area contributed by atoms with Crippen LogP contribution >= 0.6 is 11.6 Å². The van der Waals surface area contributed by atoms with Gasteiger partial charge in [-0.25, -0.2) is 4.79 Å². The van der Waals surface area contributed by atoms with Gasteiger partial charge in [0.1, 0.15) is 5.75 Å². The average molecular weight is 467 g/mol. The van der Waals surface area contributed by atoms with Gasteiger partial charge in [0.15, 0.2) is 0 Å². The lowest BCUT2D eigenvalue weighted by Crippen LogP contribution is -2.24. The van der Waals surface area contributed by atoms with Gasteiger partial charge in [-0.2, -0.15) is 0 Å². The number of halogens is 1. The normalized spacial score (nSPS) is 10.2. The van der Waals surface area contributed by atoms with Crippen molar-refractivity contribution in [2.24, 2.45) is 0 Å². The summed E-state index contributed by atoms with van der Waals surface area (Å²) >= 11 is 5.98. The Bertz CT molecular complexity index is 1130. The van der Waals surface area contributed by atoms with Gasteiger partial charge in [0, 0.05) is 22.8 Å². The molecule has 0 aliphatic rings. The zero-order valence-corrected chi connectivity index (χ0v) is 18.7. The third-order valence-corrected chi connectivity index (χ3v) is 4.80. The molecule has 8 heteroatoms. The highest BCUT2D eigenvalue weighted by Gasteiger charge is 2.11. The quantitative estimate of drug-likeness (QED) is 0.360. The van der Waals surface area contributed by atoms with Crippen molar-refractivity contribution in [3.8, 4) is 5.75 Å². The number of para-hydroxylation sites is 1. The van der Waals surface area contributed by atoms with Crippen LogP contribution < -0.4 is 15.4 Å². The molecule has 7 nitrogen and oxygen atoms in total. The molecule has 0 aromatic heterocycles. The number of nitrogens with one attached hydrogen (secondary N) is 2. The highest BCUT2D eigenvalue weighted by atomic mass is 35.5. The van der Waals surface area contributed by atoms with Crippen LogP contribution in [0, 0.1) is 0 Å². The maximum Gasteiger partial charge on any atom is 0.513 e. The SMILES string of the molecule is CCOC(=O)Oc1ccc(C(=O)NCc2ccccc2NC(=O)Cc2cccc(Cl)c2)cc1. The van der Waals surface area contributed by atoms with Gasteiger partial charge in [0.05, 0.1) is 13.0 Å². The molecule has 3 rings (SSSR count). The van der Waals surface area contributed by atoms with Crippen LogP contribution in [0.4, 0.5) is 10.5 Å². The fourth-order valence-corrected chi connectivity index (χ4v) is 3.23. The van der Waals surface area contributed by atoms with E-state index in [1.54, 1.807) is 43.3 Å². The van der Waals surface area contributed by atoms with Gasteiger partial charge in [0.2, 0.25) is 5.91 Å². The maximum absolute atomic E-state index is 12.5. The van der Waals surface area contributed by atoms with Gasteiger partial charge in [-0.1, -0.05) is 41.9 Å². The van der Waals surface area contributed by atoms with Crippen LogP contribution in [0.1, 0.15) is 28.4 Å². The van der Waals surface area contributed by atoms with Crippen molar-refractivity contribution in [2.45, 2.75) is 19.9 Å². The topological polar surface area (TPSA) is 93.7 Å². The van der Waals surface area contributed by atoms with E-state index < -0.39 is 6.16 Å². The maximum atomic E-state index is 12.5. The monoisotopic (exact) mass is 466 g/mol. The molecule has 170 valence electrons. The summed E-state index contributed by atoms with van der Waals surface area (Å²) in [6.07, 6.45) is -0.620. The predicted octanol–water partition coefficient (Wildman–Crippen LogP) is 4.99. The van der Waals surface area contributed by atoms with Crippen LogP contribution in [-0.4, -0.2) is 24.6 Å². The van der Waals surface area contributed by atoms with Crippen LogP contribution in [0.25, 0.3) is 0 Å². The first kappa shape index (κ1) is 23.8. The second-order valence-electron chi connectivity index (χ2n) is 7.00. The zero-order chi connectivity index (χ0) is 23.6. The van der Waals surface area contributed by atoms with Crippen molar-refractivity contribution >= 4 is 35.3 Å². The Morgan fingerprint density at radius 2 is 1.70 bits per heavy atom. The Morgan fingerprint density at radius 3 is 2.42 bits per heavy atom. The van der Waals surface area contributed by atoms with Gasteiger partial charge < -0.3 is 20.1 Å². The number of hydrogen-bond donors (Lipinski definition) is 2. The lowest BCUT2D eigenvalue weighted by atomic mass is 10.1. The second kappa shape index (κ2) is 11.7. The van der Waals surface area contributed by atoms with Crippen molar-refractivity contribution in [3.05, 3.63) is 94.5 Å². The van der Waals surface area contributed by atoms with Crippen LogP contribution in [0.15, 0.2) is 72.8 Å². The minimum Gasteiger partial charge on any atom is -0.434 e. The van der Waals surface area contributed by atoms with Crippen molar-refractivity contribution in [3.63, 3.8) is 0 Å². The molecule has 0 bridgehead atoms. The van der Waals surface area contributed by atoms with E-state index >= 15 is 0 Å². The van der Waals surface area contributed by atoms with Gasteiger partial charge in [-0.05, 0) is 60.5 Å². The molecule has 3 aromatic carbocycles. The molecule has 0 radical (unpaired) electrons. The summed E-state index contributed by atoms with van der Waals surface area (Å²) in [7, 11) is 0. The van der Waals surface area contributed by atoms with Gasteiger partial charge in [-0.15, -0.1) is 0 Å². The number of anilines is 1. The molecule has 0 fully saturated rings. The molecule has 0 unspecified atom stereocenters. The van der Waals surface area contributed by atoms with Gasteiger partial charge in [-0.3, -0.25) is 9.59 Å². The molecule has 0 spiro atoms. The fraction of sp³-hybridized carbons (Fsp3) is 0.160. The number of amides is 2. The summed E-state index contributed by atoms with van der Waals surface area (Å²) in [6.45, 7) is 2.10. The summed E-state index contributed by atoms with van der Waals surface area (Å²) in [4.78, 5) is 36.3. The van der Waals surface area contributed by atoms with E-state index in [0.29, 0.717) is 16.3 Å². The van der Waals surface area contributed by atoms with E-state index in [2.05, 4.69) is 10.6 Å². The van der Waals surface area contributed by atoms with E-state index in [0.717, 1.165) is 11.1 Å². The van der Waals surface area contributed by atoms with E-state index in [-0.39, 0.29) is 37.1 Å². The second-order valence-corrected chi connectivity index (χ2v) is 7.44. The first-order valence-corrected chi connectivity index (χ1v) is 10.7. The van der Waals surface area contributed by atoms with E-state index in [4.69, 9.17) is 21.1 Å². The molecule has 0 saturated carbocycles. The summed E-state index contributed by atoms with van der Waals surface area (Å²) in [5, 5.41) is 6.28. The molecule has 0 aliphatic carbocycles. The molecule has 2 amide bonds. The van der Waals surface area contributed by atoms with E-state index in [1.807, 2.05) is 24.3 Å². The summed E-state index contributed by atoms with van der Waals surface area (Å²) in [5.41, 5.74) is 2.57. The third kappa shape index (κ3) is 7.36. The van der Waals surface area contributed by atoms with Gasteiger partial charge in [0.25, 0.3) is 5.91 Å². The smallest absolute Gasteiger partial charge is 0.434 e. The first-order chi connectivity index (χ1) is 15.9. The highest BCUT2D eigenvalue weighted by molar-refractivity contribution is 6.30. The summed E-state index contributed by atoms with van der Waals surface area (Å²) in [6, 6.07) is 20.5. The molecule has 0 saturated heterocycles. The number of hydrogen-bond acceptors (Lipinski definition) is 5. The first-order valence-electron chi connectivity index (χ1n) is 10.3. The summed E-state index contributed by atoms with van der Waals surface area (Å²) in [5.74, 6) is -0.219. The molecule has 3 aromatic rings. The number of carbonyl (C=O) groups is 3. The van der Waals surface area contributed by atoms with Crippen LogP contribution in [0.5, 0.6) is 5.75 Å². The average Bonchev–Trinajstić information content (AvgIpc) is 2.79. The van der Waals surface area contributed by atoms with E-state index in [9.17, 15) is 14.4 Å².